The average Bonchev–Trinajstić information content (AvgIpc) is 3.47. The van der Waals surface area contributed by atoms with Crippen molar-refractivity contribution in [3.63, 3.8) is 0 Å². The van der Waals surface area contributed by atoms with Gasteiger partial charge in [-0.2, -0.15) is 0 Å². The zero-order valence-electron chi connectivity index (χ0n) is 18.6. The van der Waals surface area contributed by atoms with Gasteiger partial charge in [0, 0.05) is 37.0 Å². The minimum Gasteiger partial charge on any atom is -0.467 e. The van der Waals surface area contributed by atoms with Crippen molar-refractivity contribution in [1.82, 2.24) is 9.88 Å². The molecule has 8 nitrogen and oxygen atoms in total. The molecule has 0 radical (unpaired) electrons. The zero-order valence-corrected chi connectivity index (χ0v) is 18.6. The summed E-state index contributed by atoms with van der Waals surface area (Å²) in [7, 11) is 0. The minimum atomic E-state index is -0.452. The van der Waals surface area contributed by atoms with Crippen LogP contribution in [0.25, 0.3) is 0 Å². The van der Waals surface area contributed by atoms with E-state index in [4.69, 9.17) is 14.2 Å². The number of hydrogen-bond donors (Lipinski definition) is 0. The van der Waals surface area contributed by atoms with Gasteiger partial charge in [-0.05, 0) is 63.0 Å². The van der Waals surface area contributed by atoms with Crippen LogP contribution in [0.1, 0.15) is 62.0 Å². The van der Waals surface area contributed by atoms with E-state index in [1.807, 2.05) is 6.07 Å². The van der Waals surface area contributed by atoms with E-state index in [0.717, 1.165) is 48.9 Å². The second kappa shape index (κ2) is 9.27. The standard InChI is InChI=1S/C24H31N3O5/c1-15-8-10-25-24-22(15)16-4-6-17(7-5-16)31-13-19-18(9-11-27(19)21(28)14-32-24)26-23(29)20-3-2-12-30-20/h8,10,16-17,19-20H,2-7,9,11-14H2,1H3. The van der Waals surface area contributed by atoms with Crippen LogP contribution in [0, 0.1) is 6.92 Å². The number of aryl methyl sites for hydroxylation is 1. The third kappa shape index (κ3) is 4.30. The topological polar surface area (TPSA) is 90.3 Å². The Morgan fingerprint density at radius 1 is 1.19 bits per heavy atom. The zero-order chi connectivity index (χ0) is 22.1. The molecule has 2 atom stereocenters. The van der Waals surface area contributed by atoms with Gasteiger partial charge in [0.15, 0.2) is 6.61 Å². The molecule has 6 rings (SSSR count). The Morgan fingerprint density at radius 2 is 2.03 bits per heavy atom. The van der Waals surface area contributed by atoms with Crippen molar-refractivity contribution < 1.29 is 23.8 Å². The van der Waals surface area contributed by atoms with E-state index in [0.29, 0.717) is 44.4 Å². The van der Waals surface area contributed by atoms with E-state index < -0.39 is 6.10 Å². The van der Waals surface area contributed by atoms with E-state index in [1.54, 1.807) is 11.1 Å². The Bertz CT molecular complexity index is 903. The van der Waals surface area contributed by atoms with Gasteiger partial charge in [-0.25, -0.2) is 9.98 Å². The molecule has 0 N–H and O–H groups in total. The van der Waals surface area contributed by atoms with Crippen LogP contribution in [0.4, 0.5) is 0 Å². The largest absolute Gasteiger partial charge is 0.467 e. The normalized spacial score (nSPS) is 32.0. The van der Waals surface area contributed by atoms with Crippen molar-refractivity contribution in [2.75, 3.05) is 26.4 Å². The summed E-state index contributed by atoms with van der Waals surface area (Å²) in [5.74, 6) is 0.574. The van der Waals surface area contributed by atoms with Crippen molar-refractivity contribution >= 4 is 17.5 Å². The summed E-state index contributed by atoms with van der Waals surface area (Å²) in [6.07, 6.45) is 7.54. The van der Waals surface area contributed by atoms with Gasteiger partial charge in [0.1, 0.15) is 6.10 Å². The second-order valence-corrected chi connectivity index (χ2v) is 9.24. The Kier molecular flexibility index (Phi) is 6.24. The molecule has 1 aromatic heterocycles. The highest BCUT2D eigenvalue weighted by Gasteiger charge is 2.38. The van der Waals surface area contributed by atoms with Gasteiger partial charge in [-0.3, -0.25) is 9.59 Å². The summed E-state index contributed by atoms with van der Waals surface area (Å²) in [4.78, 5) is 36.3. The lowest BCUT2D eigenvalue weighted by molar-refractivity contribution is -0.135. The van der Waals surface area contributed by atoms with E-state index in [-0.39, 0.29) is 30.6 Å². The van der Waals surface area contributed by atoms with Crippen molar-refractivity contribution in [3.05, 3.63) is 23.4 Å². The van der Waals surface area contributed by atoms with Gasteiger partial charge in [0.25, 0.3) is 11.8 Å². The van der Waals surface area contributed by atoms with Crippen molar-refractivity contribution in [2.24, 2.45) is 4.99 Å². The number of pyridine rings is 1. The second-order valence-electron chi connectivity index (χ2n) is 9.24. The van der Waals surface area contributed by atoms with Crippen molar-refractivity contribution in [2.45, 2.75) is 76.0 Å². The number of nitrogens with zero attached hydrogens (tertiary/aromatic N) is 3. The first-order valence-corrected chi connectivity index (χ1v) is 11.8. The van der Waals surface area contributed by atoms with Crippen molar-refractivity contribution in [3.8, 4) is 5.88 Å². The quantitative estimate of drug-likeness (QED) is 0.665. The van der Waals surface area contributed by atoms with Crippen LogP contribution in [0.2, 0.25) is 0 Å². The molecule has 5 aliphatic rings. The monoisotopic (exact) mass is 441 g/mol. The van der Waals surface area contributed by atoms with Crippen LogP contribution < -0.4 is 4.74 Å². The molecule has 1 aliphatic carbocycles. The van der Waals surface area contributed by atoms with Crippen LogP contribution in [0.5, 0.6) is 5.88 Å². The maximum absolute atomic E-state index is 13.1. The lowest BCUT2D eigenvalue weighted by Crippen LogP contribution is -2.44. The fourth-order valence-corrected chi connectivity index (χ4v) is 5.45. The number of ether oxygens (including phenoxy) is 3. The van der Waals surface area contributed by atoms with Gasteiger partial charge in [0.2, 0.25) is 5.88 Å². The number of carbonyl (C=O) groups is 2. The molecule has 2 amide bonds. The average molecular weight is 442 g/mol. The van der Waals surface area contributed by atoms with Crippen LogP contribution >= 0.6 is 0 Å². The highest BCUT2D eigenvalue weighted by molar-refractivity contribution is 6.03. The molecule has 1 saturated carbocycles. The smallest absolute Gasteiger partial charge is 0.274 e. The fraction of sp³-hybridized carbons (Fsp3) is 0.667. The molecular formula is C24H31N3O5. The van der Waals surface area contributed by atoms with Crippen molar-refractivity contribution in [1.29, 1.82) is 0 Å². The molecule has 5 heterocycles. The third-order valence-corrected chi connectivity index (χ3v) is 7.23. The first kappa shape index (κ1) is 21.5. The van der Waals surface area contributed by atoms with Gasteiger partial charge in [0.05, 0.1) is 18.8 Å². The van der Waals surface area contributed by atoms with E-state index in [2.05, 4.69) is 16.9 Å². The van der Waals surface area contributed by atoms with E-state index >= 15 is 0 Å². The van der Waals surface area contributed by atoms with Crippen LogP contribution in [0.3, 0.4) is 0 Å². The summed E-state index contributed by atoms with van der Waals surface area (Å²) in [5, 5.41) is 0. The van der Waals surface area contributed by atoms with Gasteiger partial charge in [-0.1, -0.05) is 0 Å². The first-order chi connectivity index (χ1) is 15.6. The van der Waals surface area contributed by atoms with Gasteiger partial charge < -0.3 is 19.1 Å². The highest BCUT2D eigenvalue weighted by Crippen LogP contribution is 2.39. The Hall–Kier alpha value is -2.32. The molecule has 2 unspecified atom stereocenters. The number of fused-ring (bicyclic) bond motifs is 5. The summed E-state index contributed by atoms with van der Waals surface area (Å²) >= 11 is 0. The summed E-state index contributed by atoms with van der Waals surface area (Å²) < 4.78 is 17.8. The SMILES string of the molecule is Cc1ccnc2c1C1CCC(CC1)OCC1C(=NC(=O)C3CCCO3)CCN1C(=O)CO2. The van der Waals surface area contributed by atoms with E-state index in [1.165, 1.54) is 0 Å². The predicted octanol–water partition coefficient (Wildman–Crippen LogP) is 2.57. The summed E-state index contributed by atoms with van der Waals surface area (Å²) in [5.41, 5.74) is 3.00. The molecule has 8 heteroatoms. The molecule has 2 saturated heterocycles. The molecule has 3 fully saturated rings. The number of carbonyl (C=O) groups excluding carboxylic acids is 2. The maximum atomic E-state index is 13.1. The first-order valence-electron chi connectivity index (χ1n) is 11.8. The molecule has 1 aromatic rings. The molecule has 4 aliphatic heterocycles. The van der Waals surface area contributed by atoms with E-state index in [9.17, 15) is 9.59 Å². The number of aromatic nitrogens is 1. The lowest BCUT2D eigenvalue weighted by atomic mass is 9.81. The predicted molar refractivity (Wildman–Crippen MR) is 117 cm³/mol. The number of aliphatic imine (C=N–C) groups is 1. The molecule has 0 aromatic carbocycles. The summed E-state index contributed by atoms with van der Waals surface area (Å²) in [6, 6.07) is 1.68. The summed E-state index contributed by atoms with van der Waals surface area (Å²) in [6.45, 7) is 3.48. The fourth-order valence-electron chi connectivity index (χ4n) is 5.45. The molecule has 2 bridgehead atoms. The molecule has 32 heavy (non-hydrogen) atoms. The van der Waals surface area contributed by atoms with Gasteiger partial charge >= 0.3 is 0 Å². The number of hydrogen-bond acceptors (Lipinski definition) is 6. The van der Waals surface area contributed by atoms with Crippen LogP contribution in [0.15, 0.2) is 17.3 Å². The molecule has 172 valence electrons. The lowest BCUT2D eigenvalue weighted by Gasteiger charge is -2.31. The number of rotatable bonds is 1. The number of amides is 2. The van der Waals surface area contributed by atoms with Crippen LogP contribution in [-0.4, -0.2) is 72.0 Å². The maximum Gasteiger partial charge on any atom is 0.274 e. The highest BCUT2D eigenvalue weighted by atomic mass is 16.5. The third-order valence-electron chi connectivity index (χ3n) is 7.23. The minimum absolute atomic E-state index is 0.0803. The molecular weight excluding hydrogens is 410 g/mol. The van der Waals surface area contributed by atoms with Crippen LogP contribution in [-0.2, 0) is 19.1 Å². The van der Waals surface area contributed by atoms with Gasteiger partial charge in [-0.15, -0.1) is 0 Å². The Morgan fingerprint density at radius 3 is 2.81 bits per heavy atom. The Labute approximate surface area is 188 Å². The Balaban J connectivity index is 1.40. The molecule has 0 spiro atoms.